The standard InChI is InChI=1S/C25H32N4O4/c1-18(30)28-13-10-19(11-14-28)9-6-12-27-23(31)21-15-22(24(32)26-2)25(33)29(17-21)16-20-7-4-3-5-8-20/h3-5,7-8,15,17,19H,6,9-14,16H2,1-2H3,(H,26,32)(H,27,31). The van der Waals surface area contributed by atoms with Crippen LogP contribution in [0.3, 0.4) is 0 Å². The molecule has 0 saturated carbocycles. The minimum Gasteiger partial charge on any atom is -0.355 e. The van der Waals surface area contributed by atoms with Crippen LogP contribution in [0.5, 0.6) is 0 Å². The first kappa shape index (κ1) is 24.2. The molecule has 3 rings (SSSR count). The van der Waals surface area contributed by atoms with Gasteiger partial charge in [0.25, 0.3) is 17.4 Å². The van der Waals surface area contributed by atoms with Crippen LogP contribution in [0.25, 0.3) is 0 Å². The highest BCUT2D eigenvalue weighted by Gasteiger charge is 2.21. The van der Waals surface area contributed by atoms with Crippen LogP contribution in [-0.4, -0.2) is 53.9 Å². The lowest BCUT2D eigenvalue weighted by molar-refractivity contribution is -0.130. The van der Waals surface area contributed by atoms with Crippen molar-refractivity contribution in [1.29, 1.82) is 0 Å². The molecule has 8 nitrogen and oxygen atoms in total. The Kier molecular flexibility index (Phi) is 8.40. The highest BCUT2D eigenvalue weighted by molar-refractivity contribution is 5.99. The molecule has 2 heterocycles. The van der Waals surface area contributed by atoms with Gasteiger partial charge in [0.1, 0.15) is 5.56 Å². The molecule has 2 N–H and O–H groups in total. The second kappa shape index (κ2) is 11.4. The van der Waals surface area contributed by atoms with E-state index >= 15 is 0 Å². The molecule has 2 aromatic rings. The van der Waals surface area contributed by atoms with E-state index in [-0.39, 0.29) is 29.5 Å². The van der Waals surface area contributed by atoms with Crippen molar-refractivity contribution in [2.45, 2.75) is 39.2 Å². The summed E-state index contributed by atoms with van der Waals surface area (Å²) >= 11 is 0. The number of nitrogens with one attached hydrogen (secondary N) is 2. The fourth-order valence-electron chi connectivity index (χ4n) is 4.19. The Labute approximate surface area is 194 Å². The van der Waals surface area contributed by atoms with Crippen molar-refractivity contribution >= 4 is 17.7 Å². The van der Waals surface area contributed by atoms with Crippen molar-refractivity contribution in [2.24, 2.45) is 5.92 Å². The minimum atomic E-state index is -0.520. The van der Waals surface area contributed by atoms with Gasteiger partial charge < -0.3 is 20.1 Å². The highest BCUT2D eigenvalue weighted by atomic mass is 16.2. The van der Waals surface area contributed by atoms with Crippen LogP contribution in [0.15, 0.2) is 47.4 Å². The van der Waals surface area contributed by atoms with Crippen molar-refractivity contribution in [1.82, 2.24) is 20.1 Å². The van der Waals surface area contributed by atoms with Gasteiger partial charge in [0.15, 0.2) is 0 Å². The maximum absolute atomic E-state index is 12.8. The van der Waals surface area contributed by atoms with Crippen LogP contribution in [0.1, 0.15) is 58.9 Å². The van der Waals surface area contributed by atoms with Crippen LogP contribution in [0.2, 0.25) is 0 Å². The summed E-state index contributed by atoms with van der Waals surface area (Å²) in [7, 11) is 1.46. The molecule has 3 amide bonds. The van der Waals surface area contributed by atoms with Crippen molar-refractivity contribution < 1.29 is 14.4 Å². The predicted molar refractivity (Wildman–Crippen MR) is 126 cm³/mol. The third kappa shape index (κ3) is 6.54. The molecule has 33 heavy (non-hydrogen) atoms. The molecule has 0 atom stereocenters. The Hall–Kier alpha value is -3.42. The number of aromatic nitrogens is 1. The molecule has 1 aromatic carbocycles. The third-order valence-corrected chi connectivity index (χ3v) is 6.15. The molecular formula is C25H32N4O4. The molecule has 1 aliphatic rings. The maximum Gasteiger partial charge on any atom is 0.263 e. The number of nitrogens with zero attached hydrogens (tertiary/aromatic N) is 2. The lowest BCUT2D eigenvalue weighted by Crippen LogP contribution is -2.37. The quantitative estimate of drug-likeness (QED) is 0.599. The first-order valence-corrected chi connectivity index (χ1v) is 11.4. The topological polar surface area (TPSA) is 101 Å². The fraction of sp³-hybridized carbons (Fsp3) is 0.440. The number of hydrogen-bond donors (Lipinski definition) is 2. The second-order valence-electron chi connectivity index (χ2n) is 8.49. The Morgan fingerprint density at radius 2 is 1.76 bits per heavy atom. The molecule has 1 aliphatic heterocycles. The van der Waals surface area contributed by atoms with E-state index in [9.17, 15) is 19.2 Å². The van der Waals surface area contributed by atoms with Crippen LogP contribution in [0, 0.1) is 5.92 Å². The number of hydrogen-bond acceptors (Lipinski definition) is 4. The van der Waals surface area contributed by atoms with Gasteiger partial charge in [-0.05, 0) is 43.2 Å². The predicted octanol–water partition coefficient (Wildman–Crippen LogP) is 2.02. The van der Waals surface area contributed by atoms with E-state index in [1.54, 1.807) is 6.92 Å². The number of carbonyl (C=O) groups excluding carboxylic acids is 3. The smallest absolute Gasteiger partial charge is 0.263 e. The molecule has 0 unspecified atom stereocenters. The van der Waals surface area contributed by atoms with E-state index in [1.165, 1.54) is 23.9 Å². The van der Waals surface area contributed by atoms with Crippen LogP contribution < -0.4 is 16.2 Å². The summed E-state index contributed by atoms with van der Waals surface area (Å²) in [5.41, 5.74) is 0.680. The van der Waals surface area contributed by atoms with Gasteiger partial charge in [0.05, 0.1) is 12.1 Å². The SMILES string of the molecule is CNC(=O)c1cc(C(=O)NCCCC2CCN(C(C)=O)CC2)cn(Cc2ccccc2)c1=O. The highest BCUT2D eigenvalue weighted by Crippen LogP contribution is 2.21. The average Bonchev–Trinajstić information content (AvgIpc) is 2.83. The lowest BCUT2D eigenvalue weighted by atomic mass is 9.92. The molecule has 0 bridgehead atoms. The number of likely N-dealkylation sites (tertiary alicyclic amines) is 1. The summed E-state index contributed by atoms with van der Waals surface area (Å²) in [5.74, 6) is -0.141. The minimum absolute atomic E-state index is 0.0571. The van der Waals surface area contributed by atoms with E-state index < -0.39 is 11.5 Å². The average molecular weight is 453 g/mol. The van der Waals surface area contributed by atoms with Crippen LogP contribution in [0.4, 0.5) is 0 Å². The van der Waals surface area contributed by atoms with Crippen LogP contribution in [-0.2, 0) is 11.3 Å². The van der Waals surface area contributed by atoms with Crippen molar-refractivity contribution in [3.05, 3.63) is 69.6 Å². The van der Waals surface area contributed by atoms with Crippen molar-refractivity contribution in [3.63, 3.8) is 0 Å². The Morgan fingerprint density at radius 3 is 2.39 bits per heavy atom. The van der Waals surface area contributed by atoms with Gasteiger partial charge >= 0.3 is 0 Å². The van der Waals surface area contributed by atoms with Crippen molar-refractivity contribution in [2.75, 3.05) is 26.7 Å². The zero-order valence-electron chi connectivity index (χ0n) is 19.3. The number of rotatable bonds is 8. The maximum atomic E-state index is 12.8. The number of pyridine rings is 1. The second-order valence-corrected chi connectivity index (χ2v) is 8.49. The summed E-state index contributed by atoms with van der Waals surface area (Å²) in [6.07, 6.45) is 5.32. The number of benzene rings is 1. The monoisotopic (exact) mass is 452 g/mol. The van der Waals surface area contributed by atoms with Gasteiger partial charge in [0.2, 0.25) is 5.91 Å². The molecule has 0 radical (unpaired) electrons. The first-order chi connectivity index (χ1) is 15.9. The molecule has 0 aliphatic carbocycles. The summed E-state index contributed by atoms with van der Waals surface area (Å²) in [5, 5.41) is 5.38. The van der Waals surface area contributed by atoms with Gasteiger partial charge in [-0.3, -0.25) is 19.2 Å². The largest absolute Gasteiger partial charge is 0.355 e. The zero-order chi connectivity index (χ0) is 23.8. The summed E-state index contributed by atoms with van der Waals surface area (Å²) in [6.45, 7) is 3.99. The normalized spacial score (nSPS) is 14.1. The number of piperidine rings is 1. The number of carbonyl (C=O) groups is 3. The Balaban J connectivity index is 1.62. The molecule has 8 heteroatoms. The van der Waals surface area contributed by atoms with Gasteiger partial charge in [0, 0.05) is 39.8 Å². The van der Waals surface area contributed by atoms with E-state index in [2.05, 4.69) is 10.6 Å². The fourth-order valence-corrected chi connectivity index (χ4v) is 4.19. The Bertz CT molecular complexity index is 1040. The number of amides is 3. The zero-order valence-corrected chi connectivity index (χ0v) is 19.3. The molecular weight excluding hydrogens is 420 g/mol. The van der Waals surface area contributed by atoms with E-state index in [0.29, 0.717) is 12.5 Å². The van der Waals surface area contributed by atoms with Gasteiger partial charge in [-0.25, -0.2) is 0 Å². The molecule has 176 valence electrons. The lowest BCUT2D eigenvalue weighted by Gasteiger charge is -2.31. The summed E-state index contributed by atoms with van der Waals surface area (Å²) < 4.78 is 1.40. The molecule has 0 spiro atoms. The molecule has 1 fully saturated rings. The molecule has 1 saturated heterocycles. The van der Waals surface area contributed by atoms with Gasteiger partial charge in [-0.15, -0.1) is 0 Å². The Morgan fingerprint density at radius 1 is 1.06 bits per heavy atom. The van der Waals surface area contributed by atoms with E-state index in [4.69, 9.17) is 0 Å². The van der Waals surface area contributed by atoms with E-state index in [1.807, 2.05) is 35.2 Å². The first-order valence-electron chi connectivity index (χ1n) is 11.4. The van der Waals surface area contributed by atoms with Crippen molar-refractivity contribution in [3.8, 4) is 0 Å². The van der Waals surface area contributed by atoms with E-state index in [0.717, 1.165) is 44.3 Å². The molecule has 1 aromatic heterocycles. The summed E-state index contributed by atoms with van der Waals surface area (Å²) in [4.78, 5) is 51.1. The third-order valence-electron chi connectivity index (χ3n) is 6.15. The summed E-state index contributed by atoms with van der Waals surface area (Å²) in [6, 6.07) is 10.8. The van der Waals surface area contributed by atoms with Gasteiger partial charge in [-0.2, -0.15) is 0 Å². The van der Waals surface area contributed by atoms with Gasteiger partial charge in [-0.1, -0.05) is 30.3 Å². The van der Waals surface area contributed by atoms with Crippen LogP contribution >= 0.6 is 0 Å².